The number of aromatic amines is 2. The zero-order chi connectivity index (χ0) is 42.7. The second-order valence-electron chi connectivity index (χ2n) is 16.0. The number of methoxy groups -OCH3 is 2. The first-order valence-electron chi connectivity index (χ1n) is 21.2. The van der Waals surface area contributed by atoms with Crippen molar-refractivity contribution in [1.82, 2.24) is 45.4 Å². The van der Waals surface area contributed by atoms with Crippen LogP contribution in [0.2, 0.25) is 0 Å². The van der Waals surface area contributed by atoms with Crippen LogP contribution in [0.15, 0.2) is 102 Å². The summed E-state index contributed by atoms with van der Waals surface area (Å²) in [5.74, 6) is 1.07. The van der Waals surface area contributed by atoms with Gasteiger partial charge in [-0.15, -0.1) is 0 Å². The molecule has 15 nitrogen and oxygen atoms in total. The minimum Gasteiger partial charge on any atom is -0.453 e. The number of allylic oxidation sites excluding steroid dienone is 6. The van der Waals surface area contributed by atoms with Gasteiger partial charge < -0.3 is 39.9 Å². The molecule has 0 bridgehead atoms. The quantitative estimate of drug-likeness (QED) is 0.103. The van der Waals surface area contributed by atoms with E-state index in [4.69, 9.17) is 24.4 Å². The van der Waals surface area contributed by atoms with Crippen LogP contribution in [0.1, 0.15) is 75.1 Å². The first kappa shape index (κ1) is 40.4. The molecule has 2 saturated heterocycles. The number of carbonyl (C=O) groups is 4. The summed E-state index contributed by atoms with van der Waals surface area (Å²) < 4.78 is 9.73. The molecular formula is C47H49N9O6. The molecule has 2 fully saturated rings. The van der Waals surface area contributed by atoms with Crippen LogP contribution in [0.3, 0.4) is 0 Å². The van der Waals surface area contributed by atoms with Crippen LogP contribution in [0.25, 0.3) is 44.5 Å². The summed E-state index contributed by atoms with van der Waals surface area (Å²) in [4.78, 5) is 77.9. The second kappa shape index (κ2) is 17.5. The van der Waals surface area contributed by atoms with Crippen molar-refractivity contribution in [1.29, 1.82) is 0 Å². The van der Waals surface area contributed by atoms with Crippen LogP contribution in [0.5, 0.6) is 0 Å². The van der Waals surface area contributed by atoms with Gasteiger partial charge in [0.1, 0.15) is 23.7 Å². The van der Waals surface area contributed by atoms with E-state index in [2.05, 4.69) is 32.7 Å². The lowest BCUT2D eigenvalue weighted by Gasteiger charge is -2.29. The fourth-order valence-corrected chi connectivity index (χ4v) is 9.10. The Morgan fingerprint density at radius 2 is 1.31 bits per heavy atom. The summed E-state index contributed by atoms with van der Waals surface area (Å²) in [6.07, 6.45) is 18.4. The van der Waals surface area contributed by atoms with Gasteiger partial charge >= 0.3 is 12.2 Å². The third kappa shape index (κ3) is 8.09. The standard InChI is InChI=1S/C47H49N9O6/c1-61-46(59)53-40(28-11-5-3-6-12-28)44(57)55-23-9-15-38(55)42-48-27-37(52-42)31-18-21-33-30(25-31)17-20-34(49-33)32-19-22-35-36(26-32)51-43(50-35)39-16-10-24-56(39)45(58)41(54-47(60)62-2)29-13-7-4-8-14-29/h3-5,7,12,14,17-22,25-27,38-41H,6,8-11,13,15-16,23-24H2,1-2H3,(H,48,52)(H,50,51)(H,53,59)(H,54,60)/t38-,39-,40+,41+/m0/s1. The van der Waals surface area contributed by atoms with Gasteiger partial charge in [-0.05, 0) is 92.8 Å². The predicted octanol–water partition coefficient (Wildman–Crippen LogP) is 7.50. The van der Waals surface area contributed by atoms with Crippen molar-refractivity contribution in [3.05, 3.63) is 114 Å². The zero-order valence-corrected chi connectivity index (χ0v) is 34.7. The third-order valence-corrected chi connectivity index (χ3v) is 12.3. The van der Waals surface area contributed by atoms with Crippen molar-refractivity contribution in [2.45, 2.75) is 75.5 Å². The van der Waals surface area contributed by atoms with Crippen molar-refractivity contribution >= 4 is 45.9 Å². The lowest BCUT2D eigenvalue weighted by atomic mass is 9.97. The molecule has 9 rings (SSSR count). The first-order valence-corrected chi connectivity index (χ1v) is 21.2. The van der Waals surface area contributed by atoms with E-state index in [1.165, 1.54) is 14.2 Å². The molecule has 4 aliphatic rings. The highest BCUT2D eigenvalue weighted by Gasteiger charge is 2.39. The van der Waals surface area contributed by atoms with Gasteiger partial charge in [0.05, 0.1) is 60.4 Å². The maximum atomic E-state index is 14.0. The molecule has 5 aromatic rings. The lowest BCUT2D eigenvalue weighted by Crippen LogP contribution is -2.49. The Labute approximate surface area is 358 Å². The summed E-state index contributed by atoms with van der Waals surface area (Å²) in [6.45, 7) is 1.13. The van der Waals surface area contributed by atoms with Crippen molar-refractivity contribution < 1.29 is 28.7 Å². The molecule has 0 spiro atoms. The van der Waals surface area contributed by atoms with Crippen molar-refractivity contribution in [3.63, 3.8) is 0 Å². The van der Waals surface area contributed by atoms with E-state index >= 15 is 0 Å². The number of amides is 4. The van der Waals surface area contributed by atoms with E-state index in [0.717, 1.165) is 81.3 Å². The molecule has 0 unspecified atom stereocenters. The number of hydrogen-bond acceptors (Lipinski definition) is 9. The number of nitrogens with zero attached hydrogens (tertiary/aromatic N) is 5. The van der Waals surface area contributed by atoms with E-state index in [9.17, 15) is 19.2 Å². The summed E-state index contributed by atoms with van der Waals surface area (Å²) in [5.41, 5.74) is 7.67. The highest BCUT2D eigenvalue weighted by molar-refractivity contribution is 5.91. The number of ether oxygens (including phenoxy) is 2. The molecule has 5 heterocycles. The molecule has 4 atom stereocenters. The molecule has 318 valence electrons. The van der Waals surface area contributed by atoms with Crippen molar-refractivity contribution in [2.75, 3.05) is 27.3 Å². The second-order valence-corrected chi connectivity index (χ2v) is 16.0. The minimum atomic E-state index is -0.809. The normalized spacial score (nSPS) is 19.6. The Bertz CT molecular complexity index is 2680. The average molecular weight is 836 g/mol. The molecule has 4 N–H and O–H groups in total. The molecule has 2 aliphatic carbocycles. The maximum Gasteiger partial charge on any atom is 0.407 e. The van der Waals surface area contributed by atoms with Gasteiger partial charge in [0.15, 0.2) is 0 Å². The number of aromatic nitrogens is 5. The summed E-state index contributed by atoms with van der Waals surface area (Å²) in [5, 5.41) is 6.50. The number of alkyl carbamates (subject to hydrolysis) is 2. The molecule has 0 saturated carbocycles. The maximum absolute atomic E-state index is 14.0. The summed E-state index contributed by atoms with van der Waals surface area (Å²) >= 11 is 0. The number of benzene rings is 2. The largest absolute Gasteiger partial charge is 0.453 e. The highest BCUT2D eigenvalue weighted by Crippen LogP contribution is 2.36. The Hall–Kier alpha value is -7.03. The van der Waals surface area contributed by atoms with Crippen LogP contribution in [0.4, 0.5) is 9.59 Å². The predicted molar refractivity (Wildman–Crippen MR) is 233 cm³/mol. The van der Waals surface area contributed by atoms with E-state index in [0.29, 0.717) is 50.4 Å². The molecule has 2 aliphatic heterocycles. The number of hydrogen-bond donors (Lipinski definition) is 4. The molecule has 3 aromatic heterocycles. The van der Waals surface area contributed by atoms with Gasteiger partial charge in [-0.25, -0.2) is 24.5 Å². The molecule has 2 aromatic carbocycles. The monoisotopic (exact) mass is 835 g/mol. The highest BCUT2D eigenvalue weighted by atomic mass is 16.5. The smallest absolute Gasteiger partial charge is 0.407 e. The molecular weight excluding hydrogens is 787 g/mol. The van der Waals surface area contributed by atoms with Gasteiger partial charge in [-0.1, -0.05) is 54.7 Å². The number of nitrogens with one attached hydrogen (secondary N) is 4. The summed E-state index contributed by atoms with van der Waals surface area (Å²) in [6, 6.07) is 14.0. The summed E-state index contributed by atoms with van der Waals surface area (Å²) in [7, 11) is 2.59. The fraction of sp³-hybridized carbons (Fsp3) is 0.340. The van der Waals surface area contributed by atoms with Crippen LogP contribution >= 0.6 is 0 Å². The number of pyridine rings is 1. The van der Waals surface area contributed by atoms with E-state index in [1.807, 2.05) is 82.7 Å². The van der Waals surface area contributed by atoms with Crippen molar-refractivity contribution in [3.8, 4) is 22.5 Å². The number of likely N-dealkylation sites (tertiary alicyclic amines) is 2. The number of H-pyrrole nitrogens is 2. The van der Waals surface area contributed by atoms with Crippen LogP contribution in [0, 0.1) is 0 Å². The number of fused-ring (bicyclic) bond motifs is 2. The topological polar surface area (TPSA) is 188 Å². The molecule has 62 heavy (non-hydrogen) atoms. The Kier molecular flexibility index (Phi) is 11.4. The number of carbonyl (C=O) groups excluding carboxylic acids is 4. The van der Waals surface area contributed by atoms with E-state index in [1.54, 1.807) is 6.20 Å². The molecule has 4 amide bonds. The average Bonchev–Trinajstić information content (AvgIpc) is 4.16. The van der Waals surface area contributed by atoms with Crippen LogP contribution in [-0.4, -0.2) is 98.1 Å². The Balaban J connectivity index is 0.908. The lowest BCUT2D eigenvalue weighted by molar-refractivity contribution is -0.134. The van der Waals surface area contributed by atoms with Gasteiger partial charge in [-0.2, -0.15) is 0 Å². The fourth-order valence-electron chi connectivity index (χ4n) is 9.10. The number of imidazole rings is 2. The third-order valence-electron chi connectivity index (χ3n) is 12.3. The Morgan fingerprint density at radius 1 is 0.694 bits per heavy atom. The van der Waals surface area contributed by atoms with Gasteiger partial charge in [0, 0.05) is 29.6 Å². The number of rotatable bonds is 10. The Morgan fingerprint density at radius 3 is 1.92 bits per heavy atom. The van der Waals surface area contributed by atoms with Gasteiger partial charge in [-0.3, -0.25) is 9.59 Å². The first-order chi connectivity index (χ1) is 30.3. The molecule has 15 heteroatoms. The van der Waals surface area contributed by atoms with Crippen LogP contribution in [-0.2, 0) is 19.1 Å². The zero-order valence-electron chi connectivity index (χ0n) is 34.7. The van der Waals surface area contributed by atoms with Crippen molar-refractivity contribution in [2.24, 2.45) is 0 Å². The van der Waals surface area contributed by atoms with Gasteiger partial charge in [0.25, 0.3) is 0 Å². The van der Waals surface area contributed by atoms with E-state index in [-0.39, 0.29) is 23.9 Å². The SMILES string of the molecule is COC(=O)N[C@@H](C(=O)N1CCC[C@H]1c1ncc(-c2ccc3nc(-c4ccc5nc([C@@H]6CCCN6C(=O)[C@H](NC(=O)OC)C6=CCC=CC6)[nH]c5c4)ccc3c2)[nH]1)C1=CCC=CC1. The molecule has 0 radical (unpaired) electrons. The van der Waals surface area contributed by atoms with Crippen LogP contribution < -0.4 is 10.6 Å². The van der Waals surface area contributed by atoms with Gasteiger partial charge in [0.2, 0.25) is 11.8 Å². The van der Waals surface area contributed by atoms with E-state index < -0.39 is 24.3 Å². The minimum absolute atomic E-state index is 0.171.